The molecule has 0 saturated carbocycles. The summed E-state index contributed by atoms with van der Waals surface area (Å²) in [6, 6.07) is 0. The van der Waals surface area contributed by atoms with Gasteiger partial charge in [0.05, 0.1) is 6.10 Å². The molecule has 0 aromatic heterocycles. The number of carbonyl (C=O) groups is 1. The van der Waals surface area contributed by atoms with Crippen LogP contribution < -0.4 is 10.6 Å². The number of amides is 1. The van der Waals surface area contributed by atoms with E-state index in [9.17, 15) is 4.79 Å². The maximum absolute atomic E-state index is 10.8. The third kappa shape index (κ3) is 4.24. The van der Waals surface area contributed by atoms with Gasteiger partial charge in [-0.15, -0.1) is 0 Å². The van der Waals surface area contributed by atoms with E-state index in [0.29, 0.717) is 12.5 Å². The number of carbonyl (C=O) groups excluding carboxylic acids is 1. The van der Waals surface area contributed by atoms with E-state index in [1.165, 1.54) is 6.42 Å². The Morgan fingerprint density at radius 2 is 2.46 bits per heavy atom. The normalized spacial score (nSPS) is 21.8. The van der Waals surface area contributed by atoms with Crippen LogP contribution in [0.4, 0.5) is 0 Å². The fourth-order valence-electron chi connectivity index (χ4n) is 1.40. The topological polar surface area (TPSA) is 50.4 Å². The van der Waals surface area contributed by atoms with Crippen molar-refractivity contribution in [1.29, 1.82) is 0 Å². The zero-order chi connectivity index (χ0) is 9.52. The highest BCUT2D eigenvalue weighted by Crippen LogP contribution is 2.10. The smallest absolute Gasteiger partial charge is 0.221 e. The van der Waals surface area contributed by atoms with Gasteiger partial charge in [-0.1, -0.05) is 0 Å². The van der Waals surface area contributed by atoms with Gasteiger partial charge in [0.25, 0.3) is 0 Å². The van der Waals surface area contributed by atoms with Gasteiger partial charge in [-0.2, -0.15) is 0 Å². The average molecular weight is 186 g/mol. The van der Waals surface area contributed by atoms with Crippen LogP contribution in [-0.4, -0.2) is 38.8 Å². The van der Waals surface area contributed by atoms with Crippen molar-refractivity contribution >= 4 is 5.91 Å². The number of hydrogen-bond acceptors (Lipinski definition) is 3. The van der Waals surface area contributed by atoms with E-state index in [-0.39, 0.29) is 5.91 Å². The molecule has 1 saturated heterocycles. The van der Waals surface area contributed by atoms with Gasteiger partial charge in [-0.25, -0.2) is 0 Å². The highest BCUT2D eigenvalue weighted by Gasteiger charge is 2.14. The second-order valence-electron chi connectivity index (χ2n) is 3.26. The maximum Gasteiger partial charge on any atom is 0.221 e. The second-order valence-corrected chi connectivity index (χ2v) is 3.26. The molecule has 2 N–H and O–H groups in total. The molecule has 1 atom stereocenters. The highest BCUT2D eigenvalue weighted by molar-refractivity contribution is 5.75. The standard InChI is InChI=1S/C9H18N2O2/c1-10-9(12)4-5-11-7-8-3-2-6-13-8/h8,11H,2-7H2,1H3,(H,10,12). The Kier molecular flexibility index (Phi) is 4.78. The monoisotopic (exact) mass is 186 g/mol. The third-order valence-corrected chi connectivity index (χ3v) is 2.20. The first-order valence-electron chi connectivity index (χ1n) is 4.86. The summed E-state index contributed by atoms with van der Waals surface area (Å²) in [6.07, 6.45) is 3.22. The Morgan fingerprint density at radius 1 is 1.62 bits per heavy atom. The molecule has 13 heavy (non-hydrogen) atoms. The molecule has 76 valence electrons. The van der Waals surface area contributed by atoms with E-state index in [4.69, 9.17) is 4.74 Å². The number of hydrogen-bond donors (Lipinski definition) is 2. The Labute approximate surface area is 79.0 Å². The lowest BCUT2D eigenvalue weighted by atomic mass is 10.2. The molecule has 1 unspecified atom stereocenters. The largest absolute Gasteiger partial charge is 0.377 e. The van der Waals surface area contributed by atoms with Gasteiger partial charge in [-0.3, -0.25) is 4.79 Å². The summed E-state index contributed by atoms with van der Waals surface area (Å²) in [5.74, 6) is 0.0832. The van der Waals surface area contributed by atoms with Gasteiger partial charge in [-0.05, 0) is 12.8 Å². The van der Waals surface area contributed by atoms with E-state index in [1.807, 2.05) is 0 Å². The molecular weight excluding hydrogens is 168 g/mol. The molecular formula is C9H18N2O2. The molecule has 1 aliphatic rings. The lowest BCUT2D eigenvalue weighted by Crippen LogP contribution is -2.30. The predicted octanol–water partition coefficient (Wildman–Crippen LogP) is -0.109. The minimum Gasteiger partial charge on any atom is -0.377 e. The number of nitrogens with one attached hydrogen (secondary N) is 2. The summed E-state index contributed by atoms with van der Waals surface area (Å²) in [6.45, 7) is 2.50. The fraction of sp³-hybridized carbons (Fsp3) is 0.889. The van der Waals surface area contributed by atoms with Crippen LogP contribution >= 0.6 is 0 Å². The molecule has 0 radical (unpaired) electrons. The Morgan fingerprint density at radius 3 is 3.08 bits per heavy atom. The first-order valence-corrected chi connectivity index (χ1v) is 4.86. The van der Waals surface area contributed by atoms with Gasteiger partial charge < -0.3 is 15.4 Å². The van der Waals surface area contributed by atoms with Gasteiger partial charge in [0.2, 0.25) is 5.91 Å². The van der Waals surface area contributed by atoms with Crippen LogP contribution in [0.3, 0.4) is 0 Å². The predicted molar refractivity (Wildman–Crippen MR) is 50.5 cm³/mol. The van der Waals surface area contributed by atoms with Crippen molar-refractivity contribution in [1.82, 2.24) is 10.6 Å². The van der Waals surface area contributed by atoms with Crippen molar-refractivity contribution < 1.29 is 9.53 Å². The van der Waals surface area contributed by atoms with Crippen LogP contribution in [0.1, 0.15) is 19.3 Å². The summed E-state index contributed by atoms with van der Waals surface area (Å²) in [7, 11) is 1.66. The highest BCUT2D eigenvalue weighted by atomic mass is 16.5. The van der Waals surface area contributed by atoms with E-state index in [0.717, 1.165) is 26.1 Å². The Balaban J connectivity index is 1.91. The molecule has 1 fully saturated rings. The van der Waals surface area contributed by atoms with E-state index < -0.39 is 0 Å². The summed E-state index contributed by atoms with van der Waals surface area (Å²) < 4.78 is 5.42. The van der Waals surface area contributed by atoms with Crippen molar-refractivity contribution in [3.8, 4) is 0 Å². The molecule has 0 aromatic carbocycles. The summed E-state index contributed by atoms with van der Waals surface area (Å²) in [5.41, 5.74) is 0. The fourth-order valence-corrected chi connectivity index (χ4v) is 1.40. The van der Waals surface area contributed by atoms with Crippen molar-refractivity contribution in [2.75, 3.05) is 26.7 Å². The molecule has 0 aliphatic carbocycles. The quantitative estimate of drug-likeness (QED) is 0.589. The van der Waals surface area contributed by atoms with Crippen LogP contribution in [0.15, 0.2) is 0 Å². The van der Waals surface area contributed by atoms with Crippen LogP contribution in [0, 0.1) is 0 Å². The Bertz CT molecular complexity index is 156. The van der Waals surface area contributed by atoms with E-state index in [2.05, 4.69) is 10.6 Å². The molecule has 0 aromatic rings. The van der Waals surface area contributed by atoms with Crippen LogP contribution in [-0.2, 0) is 9.53 Å². The van der Waals surface area contributed by atoms with Gasteiger partial charge >= 0.3 is 0 Å². The lowest BCUT2D eigenvalue weighted by molar-refractivity contribution is -0.120. The maximum atomic E-state index is 10.8. The van der Waals surface area contributed by atoms with Gasteiger partial charge in [0.15, 0.2) is 0 Å². The second kappa shape index (κ2) is 5.94. The molecule has 1 heterocycles. The molecule has 1 rings (SSSR count). The first kappa shape index (κ1) is 10.5. The average Bonchev–Trinajstić information content (AvgIpc) is 2.64. The minimum atomic E-state index is 0.0832. The van der Waals surface area contributed by atoms with Crippen LogP contribution in [0.2, 0.25) is 0 Å². The van der Waals surface area contributed by atoms with Gasteiger partial charge in [0.1, 0.15) is 0 Å². The molecule has 1 aliphatic heterocycles. The van der Waals surface area contributed by atoms with E-state index in [1.54, 1.807) is 7.05 Å². The minimum absolute atomic E-state index is 0.0832. The Hall–Kier alpha value is -0.610. The molecule has 4 nitrogen and oxygen atoms in total. The van der Waals surface area contributed by atoms with Crippen molar-refractivity contribution in [2.24, 2.45) is 0 Å². The number of ether oxygens (including phenoxy) is 1. The van der Waals surface area contributed by atoms with Crippen molar-refractivity contribution in [3.05, 3.63) is 0 Å². The SMILES string of the molecule is CNC(=O)CCNCC1CCCO1. The first-order chi connectivity index (χ1) is 6.33. The third-order valence-electron chi connectivity index (χ3n) is 2.20. The van der Waals surface area contributed by atoms with Crippen LogP contribution in [0.5, 0.6) is 0 Å². The van der Waals surface area contributed by atoms with Crippen LogP contribution in [0.25, 0.3) is 0 Å². The molecule has 1 amide bonds. The van der Waals surface area contributed by atoms with Crippen molar-refractivity contribution in [3.63, 3.8) is 0 Å². The lowest BCUT2D eigenvalue weighted by Gasteiger charge is -2.09. The summed E-state index contributed by atoms with van der Waals surface area (Å²) >= 11 is 0. The summed E-state index contributed by atoms with van der Waals surface area (Å²) in [5, 5.41) is 5.79. The van der Waals surface area contributed by atoms with Gasteiger partial charge in [0, 0.05) is 33.2 Å². The molecule has 0 bridgehead atoms. The van der Waals surface area contributed by atoms with E-state index >= 15 is 0 Å². The zero-order valence-corrected chi connectivity index (χ0v) is 8.14. The zero-order valence-electron chi connectivity index (χ0n) is 8.14. The van der Waals surface area contributed by atoms with Crippen molar-refractivity contribution in [2.45, 2.75) is 25.4 Å². The number of rotatable bonds is 5. The molecule has 0 spiro atoms. The molecule has 4 heteroatoms. The summed E-state index contributed by atoms with van der Waals surface area (Å²) in [4.78, 5) is 10.8.